The molecule has 0 saturated carbocycles. The number of benzene rings is 1. The van der Waals surface area contributed by atoms with Crippen LogP contribution < -0.4 is 10.5 Å². The molecule has 0 spiro atoms. The van der Waals surface area contributed by atoms with Gasteiger partial charge in [0, 0.05) is 17.8 Å². The normalized spacial score (nSPS) is 10.2. The molecule has 0 aliphatic carbocycles. The third-order valence-electron chi connectivity index (χ3n) is 2.51. The highest BCUT2D eigenvalue weighted by Gasteiger charge is 2.02. The Hall–Kier alpha value is -1.87. The second-order valence-corrected chi connectivity index (χ2v) is 3.87. The first-order valence-electron chi connectivity index (χ1n) is 5.63. The number of rotatable bonds is 4. The van der Waals surface area contributed by atoms with Crippen molar-refractivity contribution in [2.45, 2.75) is 20.1 Å². The zero-order chi connectivity index (χ0) is 12.1. The fourth-order valence-corrected chi connectivity index (χ4v) is 1.64. The molecule has 3 heteroatoms. The van der Waals surface area contributed by atoms with Gasteiger partial charge in [0.05, 0.1) is 5.69 Å². The first-order chi connectivity index (χ1) is 8.29. The van der Waals surface area contributed by atoms with Crippen LogP contribution in [-0.2, 0) is 13.2 Å². The summed E-state index contributed by atoms with van der Waals surface area (Å²) >= 11 is 0. The predicted octanol–water partition coefficient (Wildman–Crippen LogP) is 2.43. The van der Waals surface area contributed by atoms with Crippen LogP contribution in [0.3, 0.4) is 0 Å². The second-order valence-electron chi connectivity index (χ2n) is 3.87. The predicted molar refractivity (Wildman–Crippen MR) is 67.6 cm³/mol. The summed E-state index contributed by atoms with van der Waals surface area (Å²) in [6.45, 7) is 2.92. The lowest BCUT2D eigenvalue weighted by Gasteiger charge is -2.09. The molecule has 3 nitrogen and oxygen atoms in total. The number of aromatic nitrogens is 1. The van der Waals surface area contributed by atoms with Crippen molar-refractivity contribution < 1.29 is 4.74 Å². The van der Waals surface area contributed by atoms with E-state index in [9.17, 15) is 0 Å². The Bertz CT molecular complexity index is 497. The molecule has 17 heavy (non-hydrogen) atoms. The second kappa shape index (κ2) is 5.46. The molecule has 1 aromatic heterocycles. The number of ether oxygens (including phenoxy) is 1. The quantitative estimate of drug-likeness (QED) is 0.874. The lowest BCUT2D eigenvalue weighted by molar-refractivity contribution is 0.298. The van der Waals surface area contributed by atoms with Crippen molar-refractivity contribution in [3.8, 4) is 5.75 Å². The highest BCUT2D eigenvalue weighted by Crippen LogP contribution is 2.18. The standard InChI is InChI=1S/C14H16N2O/c1-11-5-4-7-13(16-11)10-17-14-8-3-2-6-12(14)9-15/h2-8H,9-10,15H2,1H3. The summed E-state index contributed by atoms with van der Waals surface area (Å²) in [7, 11) is 0. The zero-order valence-corrected chi connectivity index (χ0v) is 9.89. The summed E-state index contributed by atoms with van der Waals surface area (Å²) in [5.41, 5.74) is 8.59. The minimum Gasteiger partial charge on any atom is -0.487 e. The maximum Gasteiger partial charge on any atom is 0.130 e. The van der Waals surface area contributed by atoms with E-state index in [1.807, 2.05) is 49.4 Å². The Balaban J connectivity index is 2.07. The molecule has 2 rings (SSSR count). The third kappa shape index (κ3) is 3.04. The van der Waals surface area contributed by atoms with Gasteiger partial charge in [0.1, 0.15) is 12.4 Å². The summed E-state index contributed by atoms with van der Waals surface area (Å²) in [5.74, 6) is 0.832. The third-order valence-corrected chi connectivity index (χ3v) is 2.51. The van der Waals surface area contributed by atoms with Gasteiger partial charge < -0.3 is 10.5 Å². The number of nitrogens with zero attached hydrogens (tertiary/aromatic N) is 1. The number of hydrogen-bond acceptors (Lipinski definition) is 3. The van der Waals surface area contributed by atoms with Gasteiger partial charge in [0.25, 0.3) is 0 Å². The van der Waals surface area contributed by atoms with Crippen LogP contribution >= 0.6 is 0 Å². The average Bonchev–Trinajstić information content (AvgIpc) is 2.37. The Morgan fingerprint density at radius 1 is 1.12 bits per heavy atom. The van der Waals surface area contributed by atoms with Crippen LogP contribution in [0, 0.1) is 6.92 Å². The van der Waals surface area contributed by atoms with Gasteiger partial charge >= 0.3 is 0 Å². The molecular formula is C14H16N2O. The monoisotopic (exact) mass is 228 g/mol. The Morgan fingerprint density at radius 3 is 2.71 bits per heavy atom. The molecule has 0 fully saturated rings. The molecular weight excluding hydrogens is 212 g/mol. The van der Waals surface area contributed by atoms with Crippen molar-refractivity contribution in [2.24, 2.45) is 5.73 Å². The van der Waals surface area contributed by atoms with Crippen LogP contribution in [0.4, 0.5) is 0 Å². The average molecular weight is 228 g/mol. The van der Waals surface area contributed by atoms with E-state index in [0.717, 1.165) is 22.7 Å². The van der Waals surface area contributed by atoms with Gasteiger partial charge in [-0.1, -0.05) is 24.3 Å². The van der Waals surface area contributed by atoms with Crippen molar-refractivity contribution in [1.82, 2.24) is 4.98 Å². The molecule has 88 valence electrons. The van der Waals surface area contributed by atoms with Crippen LogP contribution in [0.5, 0.6) is 5.75 Å². The molecule has 0 aliphatic heterocycles. The highest BCUT2D eigenvalue weighted by atomic mass is 16.5. The fourth-order valence-electron chi connectivity index (χ4n) is 1.64. The topological polar surface area (TPSA) is 48.1 Å². The van der Waals surface area contributed by atoms with Crippen LogP contribution in [0.1, 0.15) is 17.0 Å². The van der Waals surface area contributed by atoms with Crippen molar-refractivity contribution in [3.05, 3.63) is 59.4 Å². The number of aryl methyl sites for hydroxylation is 1. The van der Waals surface area contributed by atoms with E-state index in [4.69, 9.17) is 10.5 Å². The Kier molecular flexibility index (Phi) is 3.73. The molecule has 0 amide bonds. The van der Waals surface area contributed by atoms with Crippen LogP contribution in [0.15, 0.2) is 42.5 Å². The summed E-state index contributed by atoms with van der Waals surface area (Å²) in [6.07, 6.45) is 0. The van der Waals surface area contributed by atoms with Crippen molar-refractivity contribution >= 4 is 0 Å². The molecule has 1 heterocycles. The van der Waals surface area contributed by atoms with Crippen molar-refractivity contribution in [2.75, 3.05) is 0 Å². The molecule has 0 unspecified atom stereocenters. The van der Waals surface area contributed by atoms with Gasteiger partial charge in [-0.25, -0.2) is 0 Å². The number of nitrogens with two attached hydrogens (primary N) is 1. The summed E-state index contributed by atoms with van der Waals surface area (Å²) < 4.78 is 5.73. The van der Waals surface area contributed by atoms with Crippen molar-refractivity contribution in [1.29, 1.82) is 0 Å². The SMILES string of the molecule is Cc1cccc(COc2ccccc2CN)n1. The first-order valence-corrected chi connectivity index (χ1v) is 5.63. The lowest BCUT2D eigenvalue weighted by atomic mass is 10.2. The lowest BCUT2D eigenvalue weighted by Crippen LogP contribution is -2.03. The van der Waals surface area contributed by atoms with E-state index in [1.165, 1.54) is 0 Å². The summed E-state index contributed by atoms with van der Waals surface area (Å²) in [5, 5.41) is 0. The van der Waals surface area contributed by atoms with Gasteiger partial charge in [0.2, 0.25) is 0 Å². The van der Waals surface area contributed by atoms with Gasteiger partial charge in [-0.3, -0.25) is 4.98 Å². The molecule has 1 aromatic carbocycles. The van der Waals surface area contributed by atoms with Gasteiger partial charge in [-0.2, -0.15) is 0 Å². The highest BCUT2D eigenvalue weighted by molar-refractivity contribution is 5.33. The molecule has 2 aromatic rings. The van der Waals surface area contributed by atoms with Crippen molar-refractivity contribution in [3.63, 3.8) is 0 Å². The minimum atomic E-state index is 0.471. The van der Waals surface area contributed by atoms with E-state index in [0.29, 0.717) is 13.2 Å². The number of pyridine rings is 1. The van der Waals surface area contributed by atoms with E-state index >= 15 is 0 Å². The first kappa shape index (κ1) is 11.6. The summed E-state index contributed by atoms with van der Waals surface area (Å²) in [6, 6.07) is 13.7. The summed E-state index contributed by atoms with van der Waals surface area (Å²) in [4.78, 5) is 4.39. The Labute approximate surface area is 101 Å². The van der Waals surface area contributed by atoms with Crippen LogP contribution in [0.25, 0.3) is 0 Å². The maximum absolute atomic E-state index is 5.73. The smallest absolute Gasteiger partial charge is 0.130 e. The van der Waals surface area contributed by atoms with E-state index < -0.39 is 0 Å². The molecule has 0 radical (unpaired) electrons. The molecule has 0 atom stereocenters. The number of para-hydroxylation sites is 1. The van der Waals surface area contributed by atoms with Gasteiger partial charge in [-0.15, -0.1) is 0 Å². The zero-order valence-electron chi connectivity index (χ0n) is 9.89. The Morgan fingerprint density at radius 2 is 1.94 bits per heavy atom. The van der Waals surface area contributed by atoms with Gasteiger partial charge in [-0.05, 0) is 25.1 Å². The van der Waals surface area contributed by atoms with E-state index in [2.05, 4.69) is 4.98 Å². The molecule has 2 N–H and O–H groups in total. The van der Waals surface area contributed by atoms with Crippen LogP contribution in [-0.4, -0.2) is 4.98 Å². The fraction of sp³-hybridized carbons (Fsp3) is 0.214. The van der Waals surface area contributed by atoms with E-state index in [1.54, 1.807) is 0 Å². The number of hydrogen-bond donors (Lipinski definition) is 1. The molecule has 0 bridgehead atoms. The van der Waals surface area contributed by atoms with Gasteiger partial charge in [0.15, 0.2) is 0 Å². The van der Waals surface area contributed by atoms with Crippen LogP contribution in [0.2, 0.25) is 0 Å². The largest absolute Gasteiger partial charge is 0.487 e. The maximum atomic E-state index is 5.73. The minimum absolute atomic E-state index is 0.471. The molecule has 0 saturated heterocycles. The molecule has 0 aliphatic rings. The van der Waals surface area contributed by atoms with E-state index in [-0.39, 0.29) is 0 Å².